The van der Waals surface area contributed by atoms with E-state index in [2.05, 4.69) is 48.1 Å². The molecule has 1 unspecified atom stereocenters. The molecule has 3 heteroatoms. The second-order valence-corrected chi connectivity index (χ2v) is 4.83. The van der Waals surface area contributed by atoms with Crippen LogP contribution in [0.1, 0.15) is 39.3 Å². The number of hydrogen-bond donors (Lipinski definition) is 1. The molecule has 0 saturated heterocycles. The summed E-state index contributed by atoms with van der Waals surface area (Å²) >= 11 is 0. The highest BCUT2D eigenvalue weighted by Crippen LogP contribution is 2.03. The first-order chi connectivity index (χ1) is 8.76. The summed E-state index contributed by atoms with van der Waals surface area (Å²) in [4.78, 5) is 6.84. The van der Waals surface area contributed by atoms with Crippen molar-refractivity contribution in [2.45, 2.75) is 46.2 Å². The third-order valence-electron chi connectivity index (χ3n) is 3.18. The van der Waals surface area contributed by atoms with E-state index in [1.54, 1.807) is 0 Å². The van der Waals surface area contributed by atoms with E-state index in [0.717, 1.165) is 31.9 Å². The molecule has 1 atom stereocenters. The number of aromatic nitrogens is 1. The van der Waals surface area contributed by atoms with Gasteiger partial charge in [-0.1, -0.05) is 19.9 Å². The fraction of sp³-hybridized carbons (Fsp3) is 0.667. The summed E-state index contributed by atoms with van der Waals surface area (Å²) in [6.07, 6.45) is 4.27. The van der Waals surface area contributed by atoms with Gasteiger partial charge in [0.15, 0.2) is 0 Å². The van der Waals surface area contributed by atoms with E-state index < -0.39 is 0 Å². The number of nitrogens with one attached hydrogen (secondary N) is 1. The van der Waals surface area contributed by atoms with Crippen molar-refractivity contribution in [3.05, 3.63) is 30.1 Å². The molecule has 1 rings (SSSR count). The van der Waals surface area contributed by atoms with Crippen LogP contribution in [0.4, 0.5) is 0 Å². The van der Waals surface area contributed by atoms with E-state index in [-0.39, 0.29) is 0 Å². The maximum absolute atomic E-state index is 4.39. The van der Waals surface area contributed by atoms with Gasteiger partial charge in [-0.05, 0) is 45.0 Å². The molecule has 0 spiro atoms. The highest BCUT2D eigenvalue weighted by molar-refractivity contribution is 5.03. The first kappa shape index (κ1) is 15.1. The van der Waals surface area contributed by atoms with Crippen molar-refractivity contribution < 1.29 is 0 Å². The number of pyridine rings is 1. The molecule has 0 aliphatic carbocycles. The van der Waals surface area contributed by atoms with Gasteiger partial charge in [0.1, 0.15) is 0 Å². The summed E-state index contributed by atoms with van der Waals surface area (Å²) in [5.41, 5.74) is 1.16. The molecular weight excluding hydrogens is 222 g/mol. The Balaban J connectivity index is 2.29. The smallest absolute Gasteiger partial charge is 0.0543 e. The van der Waals surface area contributed by atoms with Crippen molar-refractivity contribution in [3.63, 3.8) is 0 Å². The van der Waals surface area contributed by atoms with E-state index in [0.29, 0.717) is 6.04 Å². The fourth-order valence-corrected chi connectivity index (χ4v) is 1.94. The molecule has 0 fully saturated rings. The molecule has 1 N–H and O–H groups in total. The van der Waals surface area contributed by atoms with Crippen LogP contribution in [0.2, 0.25) is 0 Å². The molecule has 18 heavy (non-hydrogen) atoms. The van der Waals surface area contributed by atoms with Crippen LogP contribution in [0.5, 0.6) is 0 Å². The number of hydrogen-bond acceptors (Lipinski definition) is 3. The van der Waals surface area contributed by atoms with Crippen LogP contribution >= 0.6 is 0 Å². The summed E-state index contributed by atoms with van der Waals surface area (Å²) < 4.78 is 0. The topological polar surface area (TPSA) is 28.2 Å². The summed E-state index contributed by atoms with van der Waals surface area (Å²) in [5, 5.41) is 3.53. The quantitative estimate of drug-likeness (QED) is 0.729. The minimum Gasteiger partial charge on any atom is -0.314 e. The van der Waals surface area contributed by atoms with Gasteiger partial charge in [-0.15, -0.1) is 0 Å². The van der Waals surface area contributed by atoms with E-state index in [1.807, 2.05) is 12.3 Å². The summed E-state index contributed by atoms with van der Waals surface area (Å²) in [6, 6.07) is 6.72. The average molecular weight is 249 g/mol. The van der Waals surface area contributed by atoms with Crippen molar-refractivity contribution in [3.8, 4) is 0 Å². The van der Waals surface area contributed by atoms with E-state index >= 15 is 0 Å². The van der Waals surface area contributed by atoms with Gasteiger partial charge in [-0.2, -0.15) is 0 Å². The van der Waals surface area contributed by atoms with E-state index in [4.69, 9.17) is 0 Å². The molecule has 0 amide bonds. The van der Waals surface area contributed by atoms with Gasteiger partial charge in [0.2, 0.25) is 0 Å². The van der Waals surface area contributed by atoms with Gasteiger partial charge < -0.3 is 5.32 Å². The lowest BCUT2D eigenvalue weighted by Crippen LogP contribution is -2.32. The molecule has 0 aliphatic heterocycles. The second-order valence-electron chi connectivity index (χ2n) is 4.83. The van der Waals surface area contributed by atoms with Crippen molar-refractivity contribution in [1.82, 2.24) is 15.2 Å². The Morgan fingerprint density at radius 1 is 1.33 bits per heavy atom. The summed E-state index contributed by atoms with van der Waals surface area (Å²) in [7, 11) is 0. The predicted octanol–water partition coefficient (Wildman–Crippen LogP) is 2.68. The van der Waals surface area contributed by atoms with Crippen molar-refractivity contribution in [1.29, 1.82) is 0 Å². The van der Waals surface area contributed by atoms with Gasteiger partial charge >= 0.3 is 0 Å². The zero-order valence-electron chi connectivity index (χ0n) is 12.0. The molecule has 0 aliphatic rings. The predicted molar refractivity (Wildman–Crippen MR) is 77.6 cm³/mol. The van der Waals surface area contributed by atoms with Crippen molar-refractivity contribution in [2.75, 3.05) is 19.6 Å². The molecule has 0 aromatic carbocycles. The lowest BCUT2D eigenvalue weighted by atomic mass is 10.2. The van der Waals surface area contributed by atoms with Gasteiger partial charge in [0.25, 0.3) is 0 Å². The molecule has 0 saturated carbocycles. The SMILES string of the molecule is CCCNC(C)CCN(CC)Cc1ccccn1. The van der Waals surface area contributed by atoms with Crippen LogP contribution in [0.15, 0.2) is 24.4 Å². The zero-order chi connectivity index (χ0) is 13.2. The Hall–Kier alpha value is -0.930. The van der Waals surface area contributed by atoms with Crippen molar-refractivity contribution in [2.24, 2.45) is 0 Å². The molecule has 1 heterocycles. The van der Waals surface area contributed by atoms with Crippen LogP contribution in [0, 0.1) is 0 Å². The van der Waals surface area contributed by atoms with Crippen LogP contribution in [0.25, 0.3) is 0 Å². The van der Waals surface area contributed by atoms with Gasteiger partial charge in [-0.3, -0.25) is 9.88 Å². The fourth-order valence-electron chi connectivity index (χ4n) is 1.94. The lowest BCUT2D eigenvalue weighted by molar-refractivity contribution is 0.260. The van der Waals surface area contributed by atoms with Crippen molar-refractivity contribution >= 4 is 0 Å². The second kappa shape index (κ2) is 9.06. The summed E-state index contributed by atoms with van der Waals surface area (Å²) in [5.74, 6) is 0. The normalized spacial score (nSPS) is 12.9. The molecule has 0 radical (unpaired) electrons. The molecule has 1 aromatic rings. The maximum atomic E-state index is 4.39. The molecule has 102 valence electrons. The molecule has 1 aromatic heterocycles. The van der Waals surface area contributed by atoms with E-state index in [9.17, 15) is 0 Å². The van der Waals surface area contributed by atoms with Crippen LogP contribution in [0.3, 0.4) is 0 Å². The van der Waals surface area contributed by atoms with Crippen LogP contribution in [-0.4, -0.2) is 35.6 Å². The minimum absolute atomic E-state index is 0.600. The third kappa shape index (κ3) is 6.12. The molecular formula is C15H27N3. The minimum atomic E-state index is 0.600. The first-order valence-electron chi connectivity index (χ1n) is 7.11. The van der Waals surface area contributed by atoms with Gasteiger partial charge in [0, 0.05) is 25.3 Å². The number of rotatable bonds is 9. The lowest BCUT2D eigenvalue weighted by Gasteiger charge is -2.22. The summed E-state index contributed by atoms with van der Waals surface area (Å²) in [6.45, 7) is 11.0. The Morgan fingerprint density at radius 3 is 2.78 bits per heavy atom. The first-order valence-corrected chi connectivity index (χ1v) is 7.11. The largest absolute Gasteiger partial charge is 0.314 e. The van der Waals surface area contributed by atoms with E-state index in [1.165, 1.54) is 12.8 Å². The van der Waals surface area contributed by atoms with Crippen LogP contribution < -0.4 is 5.32 Å². The molecule has 3 nitrogen and oxygen atoms in total. The van der Waals surface area contributed by atoms with Crippen LogP contribution in [-0.2, 0) is 6.54 Å². The molecule has 0 bridgehead atoms. The Kier molecular flexibility index (Phi) is 7.62. The Morgan fingerprint density at radius 2 is 2.17 bits per heavy atom. The maximum Gasteiger partial charge on any atom is 0.0543 e. The standard InChI is InChI=1S/C15H27N3/c1-4-10-16-14(3)9-12-18(5-2)13-15-8-6-7-11-17-15/h6-8,11,14,16H,4-5,9-10,12-13H2,1-3H3. The Labute approximate surface area is 112 Å². The van der Waals surface area contributed by atoms with Gasteiger partial charge in [0.05, 0.1) is 5.69 Å². The average Bonchev–Trinajstić information content (AvgIpc) is 2.42. The Bertz CT molecular complexity index is 300. The highest BCUT2D eigenvalue weighted by atomic mass is 15.1. The number of nitrogens with zero attached hydrogens (tertiary/aromatic N) is 2. The highest BCUT2D eigenvalue weighted by Gasteiger charge is 2.07. The third-order valence-corrected chi connectivity index (χ3v) is 3.18. The monoisotopic (exact) mass is 249 g/mol. The zero-order valence-corrected chi connectivity index (χ0v) is 12.0. The van der Waals surface area contributed by atoms with Gasteiger partial charge in [-0.25, -0.2) is 0 Å².